The van der Waals surface area contributed by atoms with Gasteiger partial charge in [0.15, 0.2) is 0 Å². The second kappa shape index (κ2) is 14.7. The molecule has 0 radical (unpaired) electrons. The van der Waals surface area contributed by atoms with Crippen LogP contribution in [-0.4, -0.2) is 4.57 Å². The molecule has 10 aromatic carbocycles. The summed E-state index contributed by atoms with van der Waals surface area (Å²) in [6.07, 6.45) is 0.800. The second-order valence-electron chi connectivity index (χ2n) is 18.3. The predicted molar refractivity (Wildman–Crippen MR) is 275 cm³/mol. The van der Waals surface area contributed by atoms with Crippen LogP contribution < -0.4 is 5.63 Å². The van der Waals surface area contributed by atoms with Crippen molar-refractivity contribution in [2.75, 3.05) is 0 Å². The van der Waals surface area contributed by atoms with Gasteiger partial charge in [0.05, 0.1) is 16.4 Å². The van der Waals surface area contributed by atoms with Gasteiger partial charge in [-0.2, -0.15) is 0 Å². The quantitative estimate of drug-likeness (QED) is 0.128. The van der Waals surface area contributed by atoms with Crippen molar-refractivity contribution in [2.45, 2.75) is 18.3 Å². The highest BCUT2D eigenvalue weighted by atomic mass is 16.4. The first-order chi connectivity index (χ1) is 33.1. The maximum atomic E-state index is 13.5. The maximum Gasteiger partial charge on any atom is 0.344 e. The number of rotatable bonds is 5. The smallest absolute Gasteiger partial charge is 0.344 e. The number of aromatic nitrogens is 1. The molecule has 3 heteroatoms. The Labute approximate surface area is 387 Å². The lowest BCUT2D eigenvalue weighted by Crippen LogP contribution is -2.14. The Bertz CT molecular complexity index is 4030. The van der Waals surface area contributed by atoms with E-state index in [4.69, 9.17) is 4.42 Å². The summed E-state index contributed by atoms with van der Waals surface area (Å²) in [7, 11) is 0. The SMILES string of the molecule is O=c1oc2ccccc2c2cc3c(cc12)CC(c1ccccc1)c1ccc(-c2ccc4c(c2)-c2cc(-c5ccc6c(c5)c5ccccc5n6-c5ccccc5)ccc2C4c2ccccc2)cc1-3. The van der Waals surface area contributed by atoms with Crippen molar-refractivity contribution in [2.24, 2.45) is 0 Å². The minimum Gasteiger partial charge on any atom is -0.422 e. The zero-order valence-electron chi connectivity index (χ0n) is 36.5. The van der Waals surface area contributed by atoms with Gasteiger partial charge in [0, 0.05) is 39.1 Å². The lowest BCUT2D eigenvalue weighted by molar-refractivity contribution is 0.569. The highest BCUT2D eigenvalue weighted by molar-refractivity contribution is 6.11. The summed E-state index contributed by atoms with van der Waals surface area (Å²) in [6.45, 7) is 0. The molecule has 2 heterocycles. The summed E-state index contributed by atoms with van der Waals surface area (Å²) in [6, 6.07) is 81.6. The van der Waals surface area contributed by atoms with Crippen LogP contribution in [-0.2, 0) is 6.42 Å². The summed E-state index contributed by atoms with van der Waals surface area (Å²) >= 11 is 0. The third-order valence-corrected chi connectivity index (χ3v) is 14.7. The lowest BCUT2D eigenvalue weighted by atomic mass is 9.74. The van der Waals surface area contributed by atoms with E-state index >= 15 is 0 Å². The van der Waals surface area contributed by atoms with E-state index in [2.05, 4.69) is 211 Å². The first kappa shape index (κ1) is 37.8. The van der Waals surface area contributed by atoms with Crippen LogP contribution in [0.5, 0.6) is 0 Å². The molecule has 14 rings (SSSR count). The predicted octanol–water partition coefficient (Wildman–Crippen LogP) is 15.9. The fourth-order valence-corrected chi connectivity index (χ4v) is 11.6. The number of para-hydroxylation sites is 3. The van der Waals surface area contributed by atoms with Crippen LogP contribution in [0.2, 0.25) is 0 Å². The molecule has 2 atom stereocenters. The minimum atomic E-state index is -0.293. The zero-order chi connectivity index (χ0) is 44.2. The molecule has 0 fully saturated rings. The maximum absolute atomic E-state index is 13.5. The molecule has 2 aliphatic carbocycles. The van der Waals surface area contributed by atoms with Crippen LogP contribution in [0.1, 0.15) is 45.2 Å². The number of hydrogen-bond acceptors (Lipinski definition) is 2. The van der Waals surface area contributed by atoms with Gasteiger partial charge in [0.25, 0.3) is 0 Å². The molecule has 0 spiro atoms. The number of benzene rings is 10. The molecule has 2 unspecified atom stereocenters. The van der Waals surface area contributed by atoms with Crippen LogP contribution in [0.4, 0.5) is 0 Å². The van der Waals surface area contributed by atoms with Gasteiger partial charge in [0.1, 0.15) is 5.58 Å². The van der Waals surface area contributed by atoms with Crippen molar-refractivity contribution in [3.05, 3.63) is 268 Å². The Balaban J connectivity index is 0.931. The molecular weight excluding hydrogens is 815 g/mol. The van der Waals surface area contributed by atoms with E-state index in [-0.39, 0.29) is 17.5 Å². The van der Waals surface area contributed by atoms with Crippen LogP contribution in [0, 0.1) is 0 Å². The summed E-state index contributed by atoms with van der Waals surface area (Å²) < 4.78 is 8.22. The molecule has 0 bridgehead atoms. The molecule has 0 saturated carbocycles. The molecule has 67 heavy (non-hydrogen) atoms. The molecule has 3 nitrogen and oxygen atoms in total. The second-order valence-corrected chi connectivity index (χ2v) is 18.3. The number of fused-ring (bicyclic) bond motifs is 12. The van der Waals surface area contributed by atoms with Gasteiger partial charge < -0.3 is 8.98 Å². The van der Waals surface area contributed by atoms with Crippen LogP contribution >= 0.6 is 0 Å². The molecule has 314 valence electrons. The van der Waals surface area contributed by atoms with Crippen LogP contribution in [0.25, 0.3) is 93.7 Å². The summed E-state index contributed by atoms with van der Waals surface area (Å²) in [5, 5.41) is 5.01. The van der Waals surface area contributed by atoms with E-state index < -0.39 is 0 Å². The topological polar surface area (TPSA) is 35.1 Å². The third-order valence-electron chi connectivity index (χ3n) is 14.7. The van der Waals surface area contributed by atoms with Gasteiger partial charge >= 0.3 is 5.63 Å². The highest BCUT2D eigenvalue weighted by Gasteiger charge is 2.32. The minimum absolute atomic E-state index is 0.128. The lowest BCUT2D eigenvalue weighted by Gasteiger charge is -2.29. The Morgan fingerprint density at radius 3 is 1.63 bits per heavy atom. The summed E-state index contributed by atoms with van der Waals surface area (Å²) in [5.41, 5.74) is 21.3. The Hall–Kier alpha value is -8.53. The van der Waals surface area contributed by atoms with Gasteiger partial charge in [-0.25, -0.2) is 4.79 Å². The Kier molecular flexibility index (Phi) is 8.32. The standard InChI is InChI=1S/C64H41NO2/c66-64-59-37-45-36-52(39-14-4-1-5-15-39)47-28-24-41(32-54(47)53(45)38-57(59)49-21-11-13-23-62(49)67-64)42-25-29-50-55(33-42)56-34-43(26-30-51(56)63(50)40-16-6-2-7-17-40)44-27-31-61-58(35-44)48-20-10-12-22-60(48)65(61)46-18-8-3-9-19-46/h1-35,37-38,52,63H,36H2. The molecule has 2 aromatic heterocycles. The van der Waals surface area contributed by atoms with E-state index in [9.17, 15) is 4.79 Å². The van der Waals surface area contributed by atoms with E-state index in [1.54, 1.807) is 0 Å². The molecule has 0 aliphatic heterocycles. The van der Waals surface area contributed by atoms with Crippen molar-refractivity contribution in [1.82, 2.24) is 4.57 Å². The normalized spacial score (nSPS) is 14.9. The Morgan fingerprint density at radius 1 is 0.388 bits per heavy atom. The number of nitrogens with zero attached hydrogens (tertiary/aromatic N) is 1. The van der Waals surface area contributed by atoms with E-state index in [1.165, 1.54) is 94.1 Å². The fourth-order valence-electron chi connectivity index (χ4n) is 11.6. The molecule has 0 N–H and O–H groups in total. The van der Waals surface area contributed by atoms with Gasteiger partial charge in [0.2, 0.25) is 0 Å². The van der Waals surface area contributed by atoms with Crippen LogP contribution in [0.3, 0.4) is 0 Å². The van der Waals surface area contributed by atoms with Crippen molar-refractivity contribution in [3.63, 3.8) is 0 Å². The molecule has 12 aromatic rings. The van der Waals surface area contributed by atoms with Crippen molar-refractivity contribution >= 4 is 43.5 Å². The third kappa shape index (κ3) is 5.88. The average molecular weight is 856 g/mol. The van der Waals surface area contributed by atoms with Gasteiger partial charge in [-0.15, -0.1) is 0 Å². The monoisotopic (exact) mass is 855 g/mol. The average Bonchev–Trinajstić information content (AvgIpc) is 3.90. The summed E-state index contributed by atoms with van der Waals surface area (Å²) in [5.74, 6) is 0.275. The highest BCUT2D eigenvalue weighted by Crippen LogP contribution is 2.52. The first-order valence-corrected chi connectivity index (χ1v) is 23.2. The van der Waals surface area contributed by atoms with Gasteiger partial charge in [-0.3, -0.25) is 0 Å². The zero-order valence-corrected chi connectivity index (χ0v) is 36.5. The molecule has 2 aliphatic rings. The van der Waals surface area contributed by atoms with E-state index in [0.29, 0.717) is 11.0 Å². The van der Waals surface area contributed by atoms with Crippen molar-refractivity contribution in [1.29, 1.82) is 0 Å². The molecule has 0 saturated heterocycles. The van der Waals surface area contributed by atoms with Crippen molar-refractivity contribution in [3.8, 4) is 50.2 Å². The van der Waals surface area contributed by atoms with Crippen molar-refractivity contribution < 1.29 is 4.42 Å². The Morgan fingerprint density at radius 2 is 0.925 bits per heavy atom. The van der Waals surface area contributed by atoms with E-state index in [1.807, 2.05) is 18.2 Å². The first-order valence-electron chi connectivity index (χ1n) is 23.2. The largest absolute Gasteiger partial charge is 0.422 e. The van der Waals surface area contributed by atoms with E-state index in [0.717, 1.165) is 28.4 Å². The molecular formula is C64H41NO2. The summed E-state index contributed by atoms with van der Waals surface area (Å²) in [4.78, 5) is 13.5. The van der Waals surface area contributed by atoms with Gasteiger partial charge in [-0.1, -0.05) is 158 Å². The number of hydrogen-bond donors (Lipinski definition) is 0. The van der Waals surface area contributed by atoms with Crippen LogP contribution in [0.15, 0.2) is 234 Å². The molecule has 0 amide bonds. The fraction of sp³-hybridized carbons (Fsp3) is 0.0469. The van der Waals surface area contributed by atoms with Gasteiger partial charge in [-0.05, 0) is 151 Å².